The predicted octanol–water partition coefficient (Wildman–Crippen LogP) is 1.90. The number of carbonyl (C=O) groups is 2. The molecule has 0 aliphatic heterocycles. The van der Waals surface area contributed by atoms with Gasteiger partial charge in [-0.05, 0) is 39.5 Å². The van der Waals surface area contributed by atoms with E-state index in [9.17, 15) is 9.59 Å². The van der Waals surface area contributed by atoms with Gasteiger partial charge in [0.1, 0.15) is 0 Å². The quantitative estimate of drug-likeness (QED) is 0.670. The molecule has 5 nitrogen and oxygen atoms in total. The summed E-state index contributed by atoms with van der Waals surface area (Å²) in [6, 6.07) is -0.0708. The van der Waals surface area contributed by atoms with Crippen LogP contribution in [-0.4, -0.2) is 29.7 Å². The maximum atomic E-state index is 11.5. The van der Waals surface area contributed by atoms with Gasteiger partial charge < -0.3 is 15.7 Å². The Morgan fingerprint density at radius 3 is 2.33 bits per heavy atom. The Morgan fingerprint density at radius 2 is 1.83 bits per heavy atom. The van der Waals surface area contributed by atoms with Crippen LogP contribution in [0.1, 0.15) is 39.5 Å². The molecular formula is C13H22N2O3. The lowest BCUT2D eigenvalue weighted by Crippen LogP contribution is -2.44. The van der Waals surface area contributed by atoms with E-state index in [2.05, 4.69) is 10.6 Å². The number of urea groups is 1. The smallest absolute Gasteiger partial charge is 0.315 e. The first-order valence-corrected chi connectivity index (χ1v) is 6.39. The second kappa shape index (κ2) is 7.03. The topological polar surface area (TPSA) is 78.4 Å². The highest BCUT2D eigenvalue weighted by atomic mass is 16.4. The fourth-order valence-electron chi connectivity index (χ4n) is 2.07. The first-order valence-electron chi connectivity index (χ1n) is 6.39. The summed E-state index contributed by atoms with van der Waals surface area (Å²) in [7, 11) is 0. The van der Waals surface area contributed by atoms with E-state index in [1.54, 1.807) is 0 Å². The van der Waals surface area contributed by atoms with Crippen molar-refractivity contribution in [1.29, 1.82) is 0 Å². The molecule has 18 heavy (non-hydrogen) atoms. The second-order valence-electron chi connectivity index (χ2n) is 5.02. The number of nitrogens with one attached hydrogen (secondary N) is 2. The van der Waals surface area contributed by atoms with Crippen LogP contribution in [0.2, 0.25) is 0 Å². The molecule has 1 fully saturated rings. The van der Waals surface area contributed by atoms with Crippen molar-refractivity contribution in [2.24, 2.45) is 5.92 Å². The van der Waals surface area contributed by atoms with Gasteiger partial charge in [0.2, 0.25) is 0 Å². The van der Waals surface area contributed by atoms with Gasteiger partial charge in [0, 0.05) is 12.6 Å². The molecule has 0 atom stereocenters. The van der Waals surface area contributed by atoms with Crippen LogP contribution in [0.5, 0.6) is 0 Å². The molecule has 0 radical (unpaired) electrons. The van der Waals surface area contributed by atoms with Gasteiger partial charge >= 0.3 is 12.0 Å². The van der Waals surface area contributed by atoms with Gasteiger partial charge in [0.15, 0.2) is 0 Å². The molecule has 0 heterocycles. The van der Waals surface area contributed by atoms with Crippen molar-refractivity contribution in [2.75, 3.05) is 6.54 Å². The average Bonchev–Trinajstić information content (AvgIpc) is 2.29. The average molecular weight is 254 g/mol. The highest BCUT2D eigenvalue weighted by molar-refractivity contribution is 5.74. The largest absolute Gasteiger partial charge is 0.481 e. The van der Waals surface area contributed by atoms with Crippen LogP contribution in [0.4, 0.5) is 4.79 Å². The summed E-state index contributed by atoms with van der Waals surface area (Å²) in [6.07, 6.45) is 4.73. The van der Waals surface area contributed by atoms with Crippen LogP contribution in [0.25, 0.3) is 0 Å². The zero-order valence-corrected chi connectivity index (χ0v) is 11.0. The number of carboxylic acids is 1. The molecule has 0 bridgehead atoms. The van der Waals surface area contributed by atoms with Crippen LogP contribution in [-0.2, 0) is 4.79 Å². The van der Waals surface area contributed by atoms with E-state index in [1.807, 2.05) is 19.9 Å². The maximum Gasteiger partial charge on any atom is 0.315 e. The molecule has 0 aromatic rings. The monoisotopic (exact) mass is 254 g/mol. The molecule has 0 aromatic carbocycles. The third kappa shape index (κ3) is 5.21. The Morgan fingerprint density at radius 1 is 1.22 bits per heavy atom. The van der Waals surface area contributed by atoms with Gasteiger partial charge in [-0.2, -0.15) is 0 Å². The summed E-state index contributed by atoms with van der Waals surface area (Å²) >= 11 is 0. The number of carbonyl (C=O) groups excluding carboxylic acids is 1. The number of aliphatic carboxylic acids is 1. The molecular weight excluding hydrogens is 232 g/mol. The van der Waals surface area contributed by atoms with Crippen molar-refractivity contribution < 1.29 is 14.7 Å². The molecule has 1 rings (SSSR count). The van der Waals surface area contributed by atoms with E-state index in [1.165, 1.54) is 0 Å². The molecule has 2 amide bonds. The zero-order valence-electron chi connectivity index (χ0n) is 11.0. The lowest BCUT2D eigenvalue weighted by molar-refractivity contribution is -0.142. The molecule has 0 saturated heterocycles. The van der Waals surface area contributed by atoms with E-state index in [0.29, 0.717) is 19.4 Å². The molecule has 3 N–H and O–H groups in total. The van der Waals surface area contributed by atoms with Gasteiger partial charge in [-0.15, -0.1) is 0 Å². The second-order valence-corrected chi connectivity index (χ2v) is 5.02. The third-order valence-electron chi connectivity index (χ3n) is 3.18. The van der Waals surface area contributed by atoms with Gasteiger partial charge in [-0.3, -0.25) is 4.79 Å². The Kier molecular flexibility index (Phi) is 5.68. The van der Waals surface area contributed by atoms with Crippen LogP contribution >= 0.6 is 0 Å². The first kappa shape index (κ1) is 14.5. The van der Waals surface area contributed by atoms with Crippen molar-refractivity contribution in [3.63, 3.8) is 0 Å². The minimum absolute atomic E-state index is 0.104. The van der Waals surface area contributed by atoms with Crippen LogP contribution < -0.4 is 10.6 Å². The van der Waals surface area contributed by atoms with E-state index in [-0.39, 0.29) is 18.0 Å². The van der Waals surface area contributed by atoms with Crippen LogP contribution in [0, 0.1) is 5.92 Å². The predicted molar refractivity (Wildman–Crippen MR) is 69.3 cm³/mol. The van der Waals surface area contributed by atoms with E-state index in [4.69, 9.17) is 5.11 Å². The Labute approximate surface area is 108 Å². The van der Waals surface area contributed by atoms with Crippen molar-refractivity contribution in [2.45, 2.75) is 45.6 Å². The molecule has 5 heteroatoms. The Bertz CT molecular complexity index is 327. The standard InChI is InChI=1S/C13H22N2O3/c1-9(2)7-8-14-13(18)15-11-5-3-10(4-6-11)12(16)17/h7,10-11H,3-6,8H2,1-2H3,(H,16,17)(H2,14,15,18). The summed E-state index contributed by atoms with van der Waals surface area (Å²) in [5, 5.41) is 14.5. The van der Waals surface area contributed by atoms with Crippen molar-refractivity contribution in [3.05, 3.63) is 11.6 Å². The van der Waals surface area contributed by atoms with Crippen molar-refractivity contribution in [1.82, 2.24) is 10.6 Å². The summed E-state index contributed by atoms with van der Waals surface area (Å²) in [6.45, 7) is 4.48. The molecule has 1 aliphatic rings. The normalized spacial score (nSPS) is 23.0. The van der Waals surface area contributed by atoms with Crippen LogP contribution in [0.3, 0.4) is 0 Å². The van der Waals surface area contributed by atoms with Crippen molar-refractivity contribution in [3.8, 4) is 0 Å². The molecule has 0 aromatic heterocycles. The number of amides is 2. The first-order chi connectivity index (χ1) is 8.49. The highest BCUT2D eigenvalue weighted by Gasteiger charge is 2.26. The Hall–Kier alpha value is -1.52. The van der Waals surface area contributed by atoms with Crippen LogP contribution in [0.15, 0.2) is 11.6 Å². The minimum atomic E-state index is -0.721. The summed E-state index contributed by atoms with van der Waals surface area (Å²) in [4.78, 5) is 22.3. The summed E-state index contributed by atoms with van der Waals surface area (Å²) < 4.78 is 0. The van der Waals surface area contributed by atoms with Gasteiger partial charge in [-0.25, -0.2) is 4.79 Å². The number of hydrogen-bond donors (Lipinski definition) is 3. The minimum Gasteiger partial charge on any atom is -0.481 e. The SMILES string of the molecule is CC(C)=CCNC(=O)NC1CCC(C(=O)O)CC1. The summed E-state index contributed by atoms with van der Waals surface area (Å²) in [5.74, 6) is -0.960. The number of allylic oxidation sites excluding steroid dienone is 1. The van der Waals surface area contributed by atoms with E-state index >= 15 is 0 Å². The fraction of sp³-hybridized carbons (Fsp3) is 0.692. The molecule has 0 spiro atoms. The number of hydrogen-bond acceptors (Lipinski definition) is 2. The third-order valence-corrected chi connectivity index (χ3v) is 3.18. The maximum absolute atomic E-state index is 11.5. The fourth-order valence-corrected chi connectivity index (χ4v) is 2.07. The lowest BCUT2D eigenvalue weighted by atomic mass is 9.86. The van der Waals surface area contributed by atoms with Gasteiger partial charge in [0.05, 0.1) is 5.92 Å². The molecule has 0 unspecified atom stereocenters. The number of carboxylic acid groups (broad SMARTS) is 1. The zero-order chi connectivity index (χ0) is 13.5. The highest BCUT2D eigenvalue weighted by Crippen LogP contribution is 2.24. The summed E-state index contributed by atoms with van der Waals surface area (Å²) in [5.41, 5.74) is 1.16. The van der Waals surface area contributed by atoms with E-state index < -0.39 is 5.97 Å². The van der Waals surface area contributed by atoms with Crippen molar-refractivity contribution >= 4 is 12.0 Å². The number of rotatable bonds is 4. The molecule has 102 valence electrons. The Balaban J connectivity index is 2.22. The van der Waals surface area contributed by atoms with E-state index in [0.717, 1.165) is 18.4 Å². The van der Waals surface area contributed by atoms with Gasteiger partial charge in [-0.1, -0.05) is 11.6 Å². The molecule has 1 aliphatic carbocycles. The van der Waals surface area contributed by atoms with Gasteiger partial charge in [0.25, 0.3) is 0 Å². The molecule has 1 saturated carbocycles. The lowest BCUT2D eigenvalue weighted by Gasteiger charge is -2.26.